The van der Waals surface area contributed by atoms with Crippen LogP contribution in [0.2, 0.25) is 0 Å². The molecule has 0 spiro atoms. The van der Waals surface area contributed by atoms with Crippen molar-refractivity contribution in [1.29, 1.82) is 0 Å². The highest BCUT2D eigenvalue weighted by atomic mass is 16.3. The van der Waals surface area contributed by atoms with Crippen LogP contribution in [0.1, 0.15) is 13.8 Å². The van der Waals surface area contributed by atoms with E-state index < -0.39 is 29.7 Å². The lowest BCUT2D eigenvalue weighted by Crippen LogP contribution is -2.44. The molecule has 4 heteroatoms. The van der Waals surface area contributed by atoms with Crippen LogP contribution in [0.25, 0.3) is 0 Å². The van der Waals surface area contributed by atoms with Gasteiger partial charge in [-0.1, -0.05) is 18.2 Å². The molecule has 0 aliphatic heterocycles. The van der Waals surface area contributed by atoms with Crippen molar-refractivity contribution in [1.82, 2.24) is 0 Å². The van der Waals surface area contributed by atoms with Crippen LogP contribution in [-0.2, 0) is 9.59 Å². The average Bonchev–Trinajstić information content (AvgIpc) is 2.23. The van der Waals surface area contributed by atoms with Gasteiger partial charge in [0.05, 0.1) is 5.92 Å². The lowest BCUT2D eigenvalue weighted by molar-refractivity contribution is -0.141. The first-order valence-electron chi connectivity index (χ1n) is 5.23. The molecule has 0 amide bonds. The summed E-state index contributed by atoms with van der Waals surface area (Å²) in [7, 11) is 0. The van der Waals surface area contributed by atoms with Crippen molar-refractivity contribution < 1.29 is 19.8 Å². The van der Waals surface area contributed by atoms with E-state index in [1.807, 2.05) is 0 Å². The van der Waals surface area contributed by atoms with Gasteiger partial charge in [-0.05, 0) is 19.9 Å². The third-order valence-electron chi connectivity index (χ3n) is 2.68. The Kier molecular flexibility index (Phi) is 4.15. The Morgan fingerprint density at radius 1 is 1.56 bits per heavy atom. The van der Waals surface area contributed by atoms with Gasteiger partial charge < -0.3 is 10.2 Å². The minimum atomic E-state index is -1.35. The fourth-order valence-corrected chi connectivity index (χ4v) is 1.84. The number of aliphatic hydroxyl groups is 2. The third-order valence-corrected chi connectivity index (χ3v) is 2.68. The number of carbonyl (C=O) groups excluding carboxylic acids is 2. The van der Waals surface area contributed by atoms with Crippen molar-refractivity contribution in [3.05, 3.63) is 24.3 Å². The zero-order valence-corrected chi connectivity index (χ0v) is 9.33. The van der Waals surface area contributed by atoms with Crippen LogP contribution >= 0.6 is 0 Å². The second-order valence-corrected chi connectivity index (χ2v) is 3.91. The molecule has 0 saturated heterocycles. The summed E-state index contributed by atoms with van der Waals surface area (Å²) in [5.74, 6) is -2.21. The van der Waals surface area contributed by atoms with E-state index in [1.54, 1.807) is 25.2 Å². The molecule has 0 aromatic heterocycles. The van der Waals surface area contributed by atoms with E-state index in [9.17, 15) is 19.8 Å². The fraction of sp³-hybridized carbons (Fsp3) is 0.500. The summed E-state index contributed by atoms with van der Waals surface area (Å²) < 4.78 is 0. The van der Waals surface area contributed by atoms with Gasteiger partial charge in [-0.2, -0.15) is 0 Å². The Bertz CT molecular complexity index is 341. The standard InChI is InChI=1S/C12H16O4/c1-3-4-8-5-6-9(14)12(16)10(8)11(15)7(2)13/h3-8,10,12-13,16H,1-2H3. The predicted octanol–water partition coefficient (Wildman–Crippen LogP) is 0.245. The Hall–Kier alpha value is -1.26. The quantitative estimate of drug-likeness (QED) is 0.674. The van der Waals surface area contributed by atoms with E-state index in [0.717, 1.165) is 0 Å². The van der Waals surface area contributed by atoms with Crippen molar-refractivity contribution in [2.45, 2.75) is 26.1 Å². The number of ketones is 2. The van der Waals surface area contributed by atoms with Gasteiger partial charge in [0.15, 0.2) is 11.6 Å². The monoisotopic (exact) mass is 224 g/mol. The molecule has 1 aliphatic rings. The van der Waals surface area contributed by atoms with E-state index in [1.165, 1.54) is 13.0 Å². The number of allylic oxidation sites excluding steroid dienone is 3. The van der Waals surface area contributed by atoms with Crippen molar-refractivity contribution in [2.75, 3.05) is 0 Å². The number of Topliss-reactive ketones (excluding diaryl/α,β-unsaturated/α-hetero) is 1. The highest BCUT2D eigenvalue weighted by Gasteiger charge is 2.39. The lowest BCUT2D eigenvalue weighted by Gasteiger charge is -2.28. The van der Waals surface area contributed by atoms with Crippen LogP contribution < -0.4 is 0 Å². The molecule has 0 heterocycles. The van der Waals surface area contributed by atoms with E-state index in [0.29, 0.717) is 0 Å². The zero-order valence-electron chi connectivity index (χ0n) is 9.33. The molecular weight excluding hydrogens is 208 g/mol. The molecule has 1 aliphatic carbocycles. The number of hydrogen-bond donors (Lipinski definition) is 2. The summed E-state index contributed by atoms with van der Waals surface area (Å²) in [6.07, 6.45) is 3.82. The van der Waals surface area contributed by atoms with Crippen LogP contribution in [0.15, 0.2) is 24.3 Å². The summed E-state index contributed by atoms with van der Waals surface area (Å²) in [4.78, 5) is 23.0. The maximum absolute atomic E-state index is 11.7. The molecule has 0 aromatic rings. The molecule has 1 rings (SSSR count). The first-order chi connectivity index (χ1) is 7.49. The van der Waals surface area contributed by atoms with E-state index in [2.05, 4.69) is 0 Å². The van der Waals surface area contributed by atoms with Crippen molar-refractivity contribution in [2.24, 2.45) is 11.8 Å². The van der Waals surface area contributed by atoms with E-state index >= 15 is 0 Å². The SMILES string of the molecule is CC=CC1C=CC(=O)C(O)C1C(=O)C(C)O. The van der Waals surface area contributed by atoms with Gasteiger partial charge in [-0.3, -0.25) is 9.59 Å². The van der Waals surface area contributed by atoms with Crippen LogP contribution in [0.4, 0.5) is 0 Å². The molecule has 2 N–H and O–H groups in total. The second kappa shape index (κ2) is 5.18. The smallest absolute Gasteiger partial charge is 0.184 e. The summed E-state index contributed by atoms with van der Waals surface area (Å²) in [6, 6.07) is 0. The first-order valence-corrected chi connectivity index (χ1v) is 5.23. The summed E-state index contributed by atoms with van der Waals surface area (Å²) in [5.41, 5.74) is 0. The lowest BCUT2D eigenvalue weighted by atomic mass is 9.77. The number of rotatable bonds is 3. The van der Waals surface area contributed by atoms with Gasteiger partial charge in [-0.25, -0.2) is 0 Å². The molecule has 0 fully saturated rings. The van der Waals surface area contributed by atoms with Crippen molar-refractivity contribution in [3.8, 4) is 0 Å². The Morgan fingerprint density at radius 3 is 2.69 bits per heavy atom. The predicted molar refractivity (Wildman–Crippen MR) is 58.6 cm³/mol. The molecule has 4 nitrogen and oxygen atoms in total. The number of hydrogen-bond acceptors (Lipinski definition) is 4. The molecule has 0 saturated carbocycles. The molecule has 0 aromatic carbocycles. The maximum Gasteiger partial charge on any atom is 0.184 e. The minimum absolute atomic E-state index is 0.334. The van der Waals surface area contributed by atoms with Crippen LogP contribution in [-0.4, -0.2) is 34.0 Å². The van der Waals surface area contributed by atoms with Crippen LogP contribution in [0.5, 0.6) is 0 Å². The number of aliphatic hydroxyl groups excluding tert-OH is 2. The summed E-state index contributed by atoms with van der Waals surface area (Å²) in [5, 5.41) is 18.9. The average molecular weight is 224 g/mol. The molecule has 4 unspecified atom stereocenters. The topological polar surface area (TPSA) is 74.6 Å². The van der Waals surface area contributed by atoms with Gasteiger partial charge in [0.25, 0.3) is 0 Å². The molecule has 0 radical (unpaired) electrons. The Labute approximate surface area is 94.3 Å². The normalized spacial score (nSPS) is 32.0. The largest absolute Gasteiger partial charge is 0.386 e. The molecular formula is C12H16O4. The summed E-state index contributed by atoms with van der Waals surface area (Å²) >= 11 is 0. The highest BCUT2D eigenvalue weighted by molar-refractivity contribution is 6.00. The molecule has 16 heavy (non-hydrogen) atoms. The van der Waals surface area contributed by atoms with Gasteiger partial charge >= 0.3 is 0 Å². The minimum Gasteiger partial charge on any atom is -0.386 e. The van der Waals surface area contributed by atoms with Crippen molar-refractivity contribution >= 4 is 11.6 Å². The van der Waals surface area contributed by atoms with Crippen LogP contribution in [0.3, 0.4) is 0 Å². The highest BCUT2D eigenvalue weighted by Crippen LogP contribution is 2.26. The Balaban J connectivity index is 3.03. The Morgan fingerprint density at radius 2 is 2.19 bits per heavy atom. The maximum atomic E-state index is 11.7. The first kappa shape index (κ1) is 12.8. The van der Waals surface area contributed by atoms with Gasteiger partial charge in [-0.15, -0.1) is 0 Å². The number of carbonyl (C=O) groups is 2. The van der Waals surface area contributed by atoms with Crippen LogP contribution in [0, 0.1) is 11.8 Å². The molecule has 88 valence electrons. The molecule has 0 bridgehead atoms. The zero-order chi connectivity index (χ0) is 12.3. The van der Waals surface area contributed by atoms with E-state index in [4.69, 9.17) is 0 Å². The third kappa shape index (κ3) is 2.46. The second-order valence-electron chi connectivity index (χ2n) is 3.91. The summed E-state index contributed by atoms with van der Waals surface area (Å²) in [6.45, 7) is 3.13. The molecule has 4 atom stereocenters. The van der Waals surface area contributed by atoms with Gasteiger partial charge in [0.1, 0.15) is 12.2 Å². The van der Waals surface area contributed by atoms with Crippen molar-refractivity contribution in [3.63, 3.8) is 0 Å². The van der Waals surface area contributed by atoms with Gasteiger partial charge in [0, 0.05) is 5.92 Å². The van der Waals surface area contributed by atoms with Gasteiger partial charge in [0.2, 0.25) is 0 Å². The van der Waals surface area contributed by atoms with E-state index in [-0.39, 0.29) is 5.92 Å². The fourth-order valence-electron chi connectivity index (χ4n) is 1.84.